The number of anilines is 2. The number of thiazole rings is 1. The lowest BCUT2D eigenvalue weighted by atomic mass is 10.1. The molecule has 0 aliphatic carbocycles. The number of aromatic nitrogens is 1. The molecule has 0 saturated heterocycles. The zero-order valence-corrected chi connectivity index (χ0v) is 18.7. The molecule has 0 radical (unpaired) electrons. The van der Waals surface area contributed by atoms with Crippen LogP contribution in [0.2, 0.25) is 0 Å². The van der Waals surface area contributed by atoms with Gasteiger partial charge in [0.05, 0.1) is 30.9 Å². The molecule has 31 heavy (non-hydrogen) atoms. The molecule has 3 rings (SSSR count). The number of likely N-dealkylation sites (N-methyl/N-ethyl adjacent to an activating group) is 1. The topological polar surface area (TPSA) is 83.6 Å². The molecule has 162 valence electrons. The molecular formula is C23H26N4O3S. The lowest BCUT2D eigenvalue weighted by Crippen LogP contribution is -2.38. The molecule has 0 saturated carbocycles. The third kappa shape index (κ3) is 6.63. The van der Waals surface area contributed by atoms with E-state index in [1.54, 1.807) is 47.6 Å². The molecule has 2 amide bonds. The summed E-state index contributed by atoms with van der Waals surface area (Å²) in [6.07, 6.45) is 0. The third-order valence-corrected chi connectivity index (χ3v) is 5.39. The van der Waals surface area contributed by atoms with E-state index in [1.807, 2.05) is 43.5 Å². The van der Waals surface area contributed by atoms with Crippen LogP contribution in [0.4, 0.5) is 11.4 Å². The van der Waals surface area contributed by atoms with Crippen LogP contribution in [0, 0.1) is 6.92 Å². The van der Waals surface area contributed by atoms with Crippen molar-refractivity contribution in [2.45, 2.75) is 13.8 Å². The van der Waals surface area contributed by atoms with Crippen molar-refractivity contribution in [3.05, 3.63) is 58.9 Å². The van der Waals surface area contributed by atoms with Crippen LogP contribution in [0.1, 0.15) is 11.9 Å². The zero-order chi connectivity index (χ0) is 22.2. The molecule has 0 bridgehead atoms. The van der Waals surface area contributed by atoms with E-state index in [0.29, 0.717) is 17.9 Å². The quantitative estimate of drug-likeness (QED) is 0.527. The fourth-order valence-corrected chi connectivity index (χ4v) is 3.64. The van der Waals surface area contributed by atoms with Crippen molar-refractivity contribution in [3.8, 4) is 17.0 Å². The number of hydrogen-bond acceptors (Lipinski definition) is 6. The van der Waals surface area contributed by atoms with Crippen molar-refractivity contribution < 1.29 is 14.3 Å². The highest BCUT2D eigenvalue weighted by molar-refractivity contribution is 7.09. The number of rotatable bonds is 9. The van der Waals surface area contributed by atoms with Gasteiger partial charge >= 0.3 is 0 Å². The minimum atomic E-state index is -0.180. The first-order chi connectivity index (χ1) is 15.0. The van der Waals surface area contributed by atoms with Crippen LogP contribution in [-0.2, 0) is 9.59 Å². The highest BCUT2D eigenvalue weighted by Crippen LogP contribution is 2.24. The fourth-order valence-electron chi connectivity index (χ4n) is 3.01. The average Bonchev–Trinajstić information content (AvgIpc) is 3.20. The van der Waals surface area contributed by atoms with Gasteiger partial charge in [-0.15, -0.1) is 11.3 Å². The predicted molar refractivity (Wildman–Crippen MR) is 125 cm³/mol. The summed E-state index contributed by atoms with van der Waals surface area (Å²) in [5.41, 5.74) is 3.23. The standard InChI is InChI=1S/C23H26N4O3S/c1-4-27(13-22(28)25-18-8-10-20(30-3)11-9-18)14-23(29)26-19-7-5-6-17(12-19)21-15-31-16(2)24-21/h5-12,15H,4,13-14H2,1-3H3,(H,25,28)(H,26,29). The molecule has 2 aromatic carbocycles. The second kappa shape index (κ2) is 10.7. The maximum Gasteiger partial charge on any atom is 0.238 e. The van der Waals surface area contributed by atoms with E-state index in [2.05, 4.69) is 15.6 Å². The van der Waals surface area contributed by atoms with Gasteiger partial charge in [0, 0.05) is 22.3 Å². The van der Waals surface area contributed by atoms with Crippen LogP contribution in [-0.4, -0.2) is 48.4 Å². The van der Waals surface area contributed by atoms with Gasteiger partial charge in [-0.05, 0) is 49.9 Å². The van der Waals surface area contributed by atoms with E-state index < -0.39 is 0 Å². The molecule has 0 aliphatic rings. The first kappa shape index (κ1) is 22.5. The number of benzene rings is 2. The van der Waals surface area contributed by atoms with Gasteiger partial charge < -0.3 is 15.4 Å². The lowest BCUT2D eigenvalue weighted by molar-refractivity contribution is -0.119. The predicted octanol–water partition coefficient (Wildman–Crippen LogP) is 4.03. The molecule has 0 aliphatic heterocycles. The first-order valence-electron chi connectivity index (χ1n) is 9.95. The minimum Gasteiger partial charge on any atom is -0.497 e. The van der Waals surface area contributed by atoms with Crippen molar-refractivity contribution in [1.29, 1.82) is 0 Å². The van der Waals surface area contributed by atoms with Crippen LogP contribution in [0.25, 0.3) is 11.3 Å². The van der Waals surface area contributed by atoms with Crippen LogP contribution in [0.3, 0.4) is 0 Å². The molecule has 0 spiro atoms. The van der Waals surface area contributed by atoms with E-state index in [9.17, 15) is 9.59 Å². The Balaban J connectivity index is 1.54. The molecular weight excluding hydrogens is 412 g/mol. The second-order valence-electron chi connectivity index (χ2n) is 6.96. The SMILES string of the molecule is CCN(CC(=O)Nc1ccc(OC)cc1)CC(=O)Nc1cccc(-c2csc(C)n2)c1. The Bertz CT molecular complexity index is 1030. The van der Waals surface area contributed by atoms with E-state index in [4.69, 9.17) is 4.74 Å². The van der Waals surface area contributed by atoms with Crippen LogP contribution in [0.5, 0.6) is 5.75 Å². The van der Waals surface area contributed by atoms with Gasteiger partial charge in [0.25, 0.3) is 0 Å². The van der Waals surface area contributed by atoms with Gasteiger partial charge in [0.1, 0.15) is 5.75 Å². The Morgan fingerprint density at radius 1 is 1.03 bits per heavy atom. The molecule has 1 heterocycles. The summed E-state index contributed by atoms with van der Waals surface area (Å²) < 4.78 is 5.11. The smallest absolute Gasteiger partial charge is 0.238 e. The number of aryl methyl sites for hydroxylation is 1. The number of methoxy groups -OCH3 is 1. The lowest BCUT2D eigenvalue weighted by Gasteiger charge is -2.19. The van der Waals surface area contributed by atoms with Gasteiger partial charge in [-0.25, -0.2) is 4.98 Å². The van der Waals surface area contributed by atoms with E-state index in [1.165, 1.54) is 0 Å². The summed E-state index contributed by atoms with van der Waals surface area (Å²) in [6, 6.07) is 14.7. The molecule has 0 atom stereocenters. The molecule has 7 nitrogen and oxygen atoms in total. The number of nitrogens with zero attached hydrogens (tertiary/aromatic N) is 2. The summed E-state index contributed by atoms with van der Waals surface area (Å²) in [7, 11) is 1.59. The monoisotopic (exact) mass is 438 g/mol. The maximum atomic E-state index is 12.5. The summed E-state index contributed by atoms with van der Waals surface area (Å²) >= 11 is 1.59. The minimum absolute atomic E-state index is 0.118. The van der Waals surface area contributed by atoms with Crippen molar-refractivity contribution >= 4 is 34.5 Å². The van der Waals surface area contributed by atoms with Gasteiger partial charge in [-0.3, -0.25) is 14.5 Å². The third-order valence-electron chi connectivity index (χ3n) is 4.62. The molecule has 2 N–H and O–H groups in total. The molecule has 0 fully saturated rings. The van der Waals surface area contributed by atoms with E-state index in [-0.39, 0.29) is 24.9 Å². The molecule has 0 unspecified atom stereocenters. The van der Waals surface area contributed by atoms with Gasteiger partial charge in [-0.1, -0.05) is 19.1 Å². The summed E-state index contributed by atoms with van der Waals surface area (Å²) in [5.74, 6) is 0.366. The number of nitrogens with one attached hydrogen (secondary N) is 2. The Hall–Kier alpha value is -3.23. The van der Waals surface area contributed by atoms with Crippen molar-refractivity contribution in [2.24, 2.45) is 0 Å². The average molecular weight is 439 g/mol. The molecule has 8 heteroatoms. The van der Waals surface area contributed by atoms with Crippen molar-refractivity contribution in [1.82, 2.24) is 9.88 Å². The Kier molecular flexibility index (Phi) is 7.75. The van der Waals surface area contributed by atoms with E-state index >= 15 is 0 Å². The second-order valence-corrected chi connectivity index (χ2v) is 8.02. The van der Waals surface area contributed by atoms with Gasteiger partial charge in [0.15, 0.2) is 0 Å². The molecule has 1 aromatic heterocycles. The van der Waals surface area contributed by atoms with Crippen LogP contribution in [0.15, 0.2) is 53.9 Å². The zero-order valence-electron chi connectivity index (χ0n) is 17.8. The Morgan fingerprint density at radius 3 is 2.29 bits per heavy atom. The number of carbonyl (C=O) groups excluding carboxylic acids is 2. The van der Waals surface area contributed by atoms with E-state index in [0.717, 1.165) is 22.0 Å². The number of ether oxygens (including phenoxy) is 1. The fraction of sp³-hybridized carbons (Fsp3) is 0.261. The largest absolute Gasteiger partial charge is 0.497 e. The van der Waals surface area contributed by atoms with Crippen LogP contribution < -0.4 is 15.4 Å². The Labute approximate surface area is 186 Å². The highest BCUT2D eigenvalue weighted by atomic mass is 32.1. The number of amides is 2. The summed E-state index contributed by atoms with van der Waals surface area (Å²) in [6.45, 7) is 4.69. The maximum absolute atomic E-state index is 12.5. The number of carbonyl (C=O) groups is 2. The van der Waals surface area contributed by atoms with Gasteiger partial charge in [-0.2, -0.15) is 0 Å². The first-order valence-corrected chi connectivity index (χ1v) is 10.8. The molecule has 3 aromatic rings. The van der Waals surface area contributed by atoms with Crippen LogP contribution >= 0.6 is 11.3 Å². The van der Waals surface area contributed by atoms with Gasteiger partial charge in [0.2, 0.25) is 11.8 Å². The normalized spacial score (nSPS) is 10.7. The van der Waals surface area contributed by atoms with Crippen molar-refractivity contribution in [3.63, 3.8) is 0 Å². The number of hydrogen-bond donors (Lipinski definition) is 2. The summed E-state index contributed by atoms with van der Waals surface area (Å²) in [5, 5.41) is 8.74. The summed E-state index contributed by atoms with van der Waals surface area (Å²) in [4.78, 5) is 31.2. The Morgan fingerprint density at radius 2 is 1.71 bits per heavy atom. The highest BCUT2D eigenvalue weighted by Gasteiger charge is 2.14. The van der Waals surface area contributed by atoms with Crippen molar-refractivity contribution in [2.75, 3.05) is 37.4 Å².